The smallest absolute Gasteiger partial charge is 0.267 e. The standard InChI is InChI=1S/C13H12BrNO3S/c1-10(14)13(16)11-7-8-15(9-11)19(17,18)12-5-3-2-4-6-12/h2-10H,1H3. The van der Waals surface area contributed by atoms with Gasteiger partial charge in [-0.15, -0.1) is 0 Å². The van der Waals surface area contributed by atoms with E-state index < -0.39 is 10.0 Å². The highest BCUT2D eigenvalue weighted by atomic mass is 79.9. The van der Waals surface area contributed by atoms with Crippen LogP contribution in [-0.4, -0.2) is 23.0 Å². The number of benzene rings is 1. The minimum Gasteiger partial charge on any atom is -0.293 e. The molecule has 0 aliphatic carbocycles. The van der Waals surface area contributed by atoms with E-state index in [1.165, 1.54) is 30.6 Å². The quantitative estimate of drug-likeness (QED) is 0.634. The Kier molecular flexibility index (Phi) is 3.91. The number of hydrogen-bond acceptors (Lipinski definition) is 3. The maximum absolute atomic E-state index is 12.3. The van der Waals surface area contributed by atoms with Gasteiger partial charge in [-0.3, -0.25) is 4.79 Å². The summed E-state index contributed by atoms with van der Waals surface area (Å²) in [5.41, 5.74) is 0.365. The lowest BCUT2D eigenvalue weighted by Gasteiger charge is -2.05. The van der Waals surface area contributed by atoms with Crippen LogP contribution < -0.4 is 0 Å². The molecule has 0 saturated heterocycles. The minimum absolute atomic E-state index is 0.151. The first kappa shape index (κ1) is 14.0. The number of carbonyl (C=O) groups excluding carboxylic acids is 1. The monoisotopic (exact) mass is 341 g/mol. The van der Waals surface area contributed by atoms with Crippen molar-refractivity contribution in [1.29, 1.82) is 0 Å². The van der Waals surface area contributed by atoms with Crippen LogP contribution in [0.5, 0.6) is 0 Å². The van der Waals surface area contributed by atoms with Crippen LogP contribution in [0.25, 0.3) is 0 Å². The molecule has 1 atom stereocenters. The van der Waals surface area contributed by atoms with E-state index in [1.54, 1.807) is 25.1 Å². The summed E-state index contributed by atoms with van der Waals surface area (Å²) in [5.74, 6) is -0.151. The number of ketones is 1. The Labute approximate surface area is 120 Å². The first-order valence-corrected chi connectivity index (χ1v) is 7.95. The van der Waals surface area contributed by atoms with Gasteiger partial charge in [0.1, 0.15) is 0 Å². The lowest BCUT2D eigenvalue weighted by Crippen LogP contribution is -2.12. The molecule has 1 aromatic carbocycles. The van der Waals surface area contributed by atoms with E-state index in [1.807, 2.05) is 0 Å². The van der Waals surface area contributed by atoms with Crippen molar-refractivity contribution in [3.05, 3.63) is 54.4 Å². The summed E-state index contributed by atoms with van der Waals surface area (Å²) >= 11 is 3.17. The van der Waals surface area contributed by atoms with Crippen molar-refractivity contribution in [3.8, 4) is 0 Å². The number of nitrogens with zero attached hydrogens (tertiary/aromatic N) is 1. The number of aromatic nitrogens is 1. The van der Waals surface area contributed by atoms with Crippen LogP contribution in [0.3, 0.4) is 0 Å². The predicted octanol–water partition coefficient (Wildman–Crippen LogP) is 2.69. The fourth-order valence-electron chi connectivity index (χ4n) is 1.62. The van der Waals surface area contributed by atoms with Crippen molar-refractivity contribution in [2.75, 3.05) is 0 Å². The molecule has 0 N–H and O–H groups in total. The van der Waals surface area contributed by atoms with Gasteiger partial charge in [-0.2, -0.15) is 0 Å². The second-order valence-corrected chi connectivity index (χ2v) is 7.25. The Morgan fingerprint density at radius 2 is 1.84 bits per heavy atom. The van der Waals surface area contributed by atoms with Gasteiger partial charge in [-0.1, -0.05) is 34.1 Å². The average Bonchev–Trinajstić information content (AvgIpc) is 2.89. The summed E-state index contributed by atoms with van der Waals surface area (Å²) in [4.78, 5) is 11.6. The van der Waals surface area contributed by atoms with Crippen LogP contribution in [0, 0.1) is 0 Å². The largest absolute Gasteiger partial charge is 0.293 e. The van der Waals surface area contributed by atoms with E-state index in [4.69, 9.17) is 0 Å². The summed E-state index contributed by atoms with van der Waals surface area (Å²) < 4.78 is 25.6. The second kappa shape index (κ2) is 5.30. The number of carbonyl (C=O) groups is 1. The molecule has 0 amide bonds. The summed E-state index contributed by atoms with van der Waals surface area (Å²) in [5, 5.41) is 0. The van der Waals surface area contributed by atoms with Crippen molar-refractivity contribution in [1.82, 2.24) is 3.97 Å². The molecule has 0 fully saturated rings. The summed E-state index contributed by atoms with van der Waals surface area (Å²) in [6.45, 7) is 1.70. The topological polar surface area (TPSA) is 56.1 Å². The van der Waals surface area contributed by atoms with Crippen molar-refractivity contribution < 1.29 is 13.2 Å². The van der Waals surface area contributed by atoms with Crippen LogP contribution in [0.15, 0.2) is 53.7 Å². The zero-order valence-electron chi connectivity index (χ0n) is 10.2. The maximum atomic E-state index is 12.3. The van der Waals surface area contributed by atoms with Gasteiger partial charge in [-0.25, -0.2) is 12.4 Å². The molecule has 2 rings (SSSR count). The number of hydrogen-bond donors (Lipinski definition) is 0. The molecule has 1 aromatic heterocycles. The fraction of sp³-hybridized carbons (Fsp3) is 0.154. The van der Waals surface area contributed by atoms with E-state index in [9.17, 15) is 13.2 Å². The lowest BCUT2D eigenvalue weighted by molar-refractivity contribution is 0.0996. The maximum Gasteiger partial charge on any atom is 0.267 e. The predicted molar refractivity (Wildman–Crippen MR) is 76.2 cm³/mol. The first-order chi connectivity index (χ1) is 8.93. The minimum atomic E-state index is -3.63. The normalized spacial score (nSPS) is 13.2. The van der Waals surface area contributed by atoms with Crippen LogP contribution in [-0.2, 0) is 10.0 Å². The van der Waals surface area contributed by atoms with E-state index in [0.717, 1.165) is 3.97 Å². The fourth-order valence-corrected chi connectivity index (χ4v) is 3.10. The van der Waals surface area contributed by atoms with E-state index in [-0.39, 0.29) is 15.5 Å². The molecule has 0 aliphatic rings. The second-order valence-electron chi connectivity index (χ2n) is 4.03. The van der Waals surface area contributed by atoms with Crippen LogP contribution in [0.1, 0.15) is 17.3 Å². The summed E-state index contributed by atoms with van der Waals surface area (Å²) in [6, 6.07) is 9.59. The third-order valence-electron chi connectivity index (χ3n) is 2.63. The third-order valence-corrected chi connectivity index (χ3v) is 4.70. The van der Waals surface area contributed by atoms with Crippen LogP contribution in [0.2, 0.25) is 0 Å². The van der Waals surface area contributed by atoms with Gasteiger partial charge < -0.3 is 0 Å². The van der Waals surface area contributed by atoms with Gasteiger partial charge in [0.25, 0.3) is 10.0 Å². The summed E-state index contributed by atoms with van der Waals surface area (Å²) in [6.07, 6.45) is 2.72. The Balaban J connectivity index is 2.41. The van der Waals surface area contributed by atoms with Gasteiger partial charge >= 0.3 is 0 Å². The zero-order valence-corrected chi connectivity index (χ0v) is 12.6. The highest BCUT2D eigenvalue weighted by Gasteiger charge is 2.19. The van der Waals surface area contributed by atoms with Crippen LogP contribution in [0.4, 0.5) is 0 Å². The van der Waals surface area contributed by atoms with Gasteiger partial charge in [0, 0.05) is 18.0 Å². The molecule has 0 bridgehead atoms. The molecule has 6 heteroatoms. The van der Waals surface area contributed by atoms with E-state index in [0.29, 0.717) is 5.56 Å². The number of halogens is 1. The lowest BCUT2D eigenvalue weighted by atomic mass is 10.2. The number of rotatable bonds is 4. The molecule has 0 spiro atoms. The number of alkyl halides is 1. The highest BCUT2D eigenvalue weighted by Crippen LogP contribution is 2.16. The average molecular weight is 342 g/mol. The molecule has 1 heterocycles. The van der Waals surface area contributed by atoms with Crippen molar-refractivity contribution >= 4 is 31.7 Å². The Hall–Kier alpha value is -1.40. The van der Waals surface area contributed by atoms with Crippen molar-refractivity contribution in [2.45, 2.75) is 16.6 Å². The van der Waals surface area contributed by atoms with Gasteiger partial charge in [0.2, 0.25) is 0 Å². The third kappa shape index (κ3) is 2.79. The Morgan fingerprint density at radius 1 is 1.21 bits per heavy atom. The Morgan fingerprint density at radius 3 is 2.42 bits per heavy atom. The molecule has 0 saturated carbocycles. The van der Waals surface area contributed by atoms with Crippen LogP contribution >= 0.6 is 15.9 Å². The molecule has 4 nitrogen and oxygen atoms in total. The first-order valence-electron chi connectivity index (χ1n) is 5.60. The van der Waals surface area contributed by atoms with Gasteiger partial charge in [0.15, 0.2) is 5.78 Å². The molecule has 0 aliphatic heterocycles. The number of Topliss-reactive ketones (excluding diaryl/α,β-unsaturated/α-hetero) is 1. The highest BCUT2D eigenvalue weighted by molar-refractivity contribution is 9.10. The molecule has 1 unspecified atom stereocenters. The van der Waals surface area contributed by atoms with Gasteiger partial charge in [0.05, 0.1) is 9.72 Å². The van der Waals surface area contributed by atoms with Crippen molar-refractivity contribution in [2.24, 2.45) is 0 Å². The van der Waals surface area contributed by atoms with Gasteiger partial charge in [-0.05, 0) is 25.1 Å². The Bertz CT molecular complexity index is 690. The summed E-state index contributed by atoms with van der Waals surface area (Å²) in [7, 11) is -3.63. The van der Waals surface area contributed by atoms with E-state index in [2.05, 4.69) is 15.9 Å². The molecule has 100 valence electrons. The molecule has 19 heavy (non-hydrogen) atoms. The SMILES string of the molecule is CC(Br)C(=O)c1ccn(S(=O)(=O)c2ccccc2)c1. The molecule has 0 radical (unpaired) electrons. The molecular formula is C13H12BrNO3S. The molecule has 2 aromatic rings. The molecular weight excluding hydrogens is 330 g/mol. The van der Waals surface area contributed by atoms with Crippen molar-refractivity contribution in [3.63, 3.8) is 0 Å². The van der Waals surface area contributed by atoms with E-state index >= 15 is 0 Å². The zero-order chi connectivity index (χ0) is 14.0.